The van der Waals surface area contributed by atoms with Crippen LogP contribution < -0.4 is 0 Å². The number of allylic oxidation sites excluding steroid dienone is 14. The Kier molecular flexibility index (Phi) is 38.5. The molecule has 3 unspecified atom stereocenters. The van der Waals surface area contributed by atoms with Gasteiger partial charge in [0.25, 0.3) is 0 Å². The SMILES string of the molecule is CC/C=C\C/C=C\C/C=C\C/C=C\C/C=C\C/C=C\CCCCCOCC(COP(=O)(O)OCC(O)CO)OC(=O)CCCCCCC/C=C\CCCC. The zero-order chi connectivity index (χ0) is 39.6. The van der Waals surface area contributed by atoms with Crippen molar-refractivity contribution in [3.63, 3.8) is 0 Å². The van der Waals surface area contributed by atoms with Crippen molar-refractivity contribution >= 4 is 13.8 Å². The van der Waals surface area contributed by atoms with Crippen LogP contribution in [0.1, 0.15) is 142 Å². The second kappa shape index (κ2) is 40.3. The van der Waals surface area contributed by atoms with E-state index in [9.17, 15) is 19.4 Å². The molecule has 0 saturated heterocycles. The molecule has 0 aromatic carbocycles. The highest BCUT2D eigenvalue weighted by Gasteiger charge is 2.26. The molecule has 0 aliphatic carbocycles. The standard InChI is InChI=1S/C44H75O9P/c1-3-5-7-9-11-13-15-16-17-18-19-20-21-22-23-24-25-27-29-31-33-35-37-50-40-43(41-52-54(48,49)51-39-42(46)38-45)53-44(47)36-34-32-30-28-26-14-12-10-8-6-4-2/h5,7,10-13,16-17,19-20,22-23,25,27,42-43,45-46H,3-4,6,8-9,14-15,18,21,24,26,28-41H2,1-2H3,(H,48,49)/b7-5-,12-10-,13-11-,17-16-,20-19-,23-22-,27-25-. The van der Waals surface area contributed by atoms with Gasteiger partial charge >= 0.3 is 13.8 Å². The number of unbranched alkanes of at least 4 members (excludes halogenated alkanes) is 10. The highest BCUT2D eigenvalue weighted by atomic mass is 31.2. The molecule has 0 radical (unpaired) electrons. The lowest BCUT2D eigenvalue weighted by Crippen LogP contribution is -2.29. The number of phosphoric ester groups is 1. The van der Waals surface area contributed by atoms with Crippen LogP contribution in [0.4, 0.5) is 0 Å². The topological polar surface area (TPSA) is 132 Å². The Morgan fingerprint density at radius 1 is 0.593 bits per heavy atom. The Labute approximate surface area is 328 Å². The number of esters is 1. The molecule has 3 atom stereocenters. The molecule has 0 aromatic rings. The van der Waals surface area contributed by atoms with E-state index in [0.29, 0.717) is 13.0 Å². The Balaban J connectivity index is 4.26. The molecule has 0 heterocycles. The van der Waals surface area contributed by atoms with Gasteiger partial charge in [-0.05, 0) is 83.5 Å². The first-order valence-corrected chi connectivity index (χ1v) is 22.1. The van der Waals surface area contributed by atoms with Gasteiger partial charge in [0.15, 0.2) is 0 Å². The number of aliphatic hydroxyl groups is 2. The fourth-order valence-electron chi connectivity index (χ4n) is 4.93. The average Bonchev–Trinajstić information content (AvgIpc) is 3.16. The maximum Gasteiger partial charge on any atom is 0.472 e. The molecule has 0 aliphatic heterocycles. The summed E-state index contributed by atoms with van der Waals surface area (Å²) >= 11 is 0. The lowest BCUT2D eigenvalue weighted by molar-refractivity contribution is -0.154. The average molecular weight is 779 g/mol. The zero-order valence-corrected chi connectivity index (χ0v) is 34.5. The van der Waals surface area contributed by atoms with E-state index in [1.807, 2.05) is 0 Å². The van der Waals surface area contributed by atoms with Crippen LogP contribution in [0.3, 0.4) is 0 Å². The van der Waals surface area contributed by atoms with Gasteiger partial charge in [0, 0.05) is 13.0 Å². The minimum absolute atomic E-state index is 0.0178. The monoisotopic (exact) mass is 779 g/mol. The highest BCUT2D eigenvalue weighted by Crippen LogP contribution is 2.43. The summed E-state index contributed by atoms with van der Waals surface area (Å²) in [4.78, 5) is 22.5. The quantitative estimate of drug-likeness (QED) is 0.0242. The van der Waals surface area contributed by atoms with E-state index in [4.69, 9.17) is 23.6 Å². The molecule has 310 valence electrons. The van der Waals surface area contributed by atoms with Gasteiger partial charge in [0.05, 0.1) is 26.4 Å². The molecule has 54 heavy (non-hydrogen) atoms. The number of aliphatic hydroxyl groups excluding tert-OH is 2. The van der Waals surface area contributed by atoms with Crippen LogP contribution in [-0.2, 0) is 27.9 Å². The summed E-state index contributed by atoms with van der Waals surface area (Å²) in [6.45, 7) is 3.23. The highest BCUT2D eigenvalue weighted by molar-refractivity contribution is 7.47. The first-order valence-electron chi connectivity index (χ1n) is 20.6. The first-order chi connectivity index (χ1) is 26.3. The van der Waals surface area contributed by atoms with E-state index in [-0.39, 0.29) is 13.0 Å². The summed E-state index contributed by atoms with van der Waals surface area (Å²) in [5, 5.41) is 18.3. The van der Waals surface area contributed by atoms with Gasteiger partial charge in [-0.3, -0.25) is 13.8 Å². The molecule has 3 N–H and O–H groups in total. The number of phosphoric acid groups is 1. The fraction of sp³-hybridized carbons (Fsp3) is 0.659. The smallest absolute Gasteiger partial charge is 0.457 e. The van der Waals surface area contributed by atoms with Crippen molar-refractivity contribution in [3.8, 4) is 0 Å². The number of rotatable bonds is 38. The van der Waals surface area contributed by atoms with Crippen molar-refractivity contribution in [2.45, 2.75) is 154 Å². The van der Waals surface area contributed by atoms with Gasteiger partial charge in [-0.25, -0.2) is 4.57 Å². The summed E-state index contributed by atoms with van der Waals surface area (Å²) < 4.78 is 33.2. The van der Waals surface area contributed by atoms with E-state index in [2.05, 4.69) is 98.9 Å². The third-order valence-electron chi connectivity index (χ3n) is 8.06. The largest absolute Gasteiger partial charge is 0.472 e. The van der Waals surface area contributed by atoms with Gasteiger partial charge in [-0.1, -0.05) is 137 Å². The van der Waals surface area contributed by atoms with Crippen molar-refractivity contribution in [3.05, 3.63) is 85.1 Å². The maximum atomic E-state index is 12.5. The molecule has 0 aliphatic rings. The van der Waals surface area contributed by atoms with Crippen molar-refractivity contribution in [1.82, 2.24) is 0 Å². The van der Waals surface area contributed by atoms with Gasteiger partial charge in [0.1, 0.15) is 12.2 Å². The predicted octanol–water partition coefficient (Wildman–Crippen LogP) is 11.1. The van der Waals surface area contributed by atoms with Crippen LogP contribution in [-0.4, -0.2) is 66.3 Å². The molecule has 10 heteroatoms. The molecular formula is C44H75O9P. The number of ether oxygens (including phenoxy) is 2. The Hall–Kier alpha value is -2.36. The molecular weight excluding hydrogens is 703 g/mol. The van der Waals surface area contributed by atoms with E-state index >= 15 is 0 Å². The summed E-state index contributed by atoms with van der Waals surface area (Å²) in [6, 6.07) is 0. The Morgan fingerprint density at radius 2 is 1.06 bits per heavy atom. The third-order valence-corrected chi connectivity index (χ3v) is 9.02. The van der Waals surface area contributed by atoms with Gasteiger partial charge in [-0.2, -0.15) is 0 Å². The number of hydrogen-bond acceptors (Lipinski definition) is 8. The number of carbonyl (C=O) groups is 1. The van der Waals surface area contributed by atoms with Gasteiger partial charge < -0.3 is 24.6 Å². The minimum Gasteiger partial charge on any atom is -0.457 e. The number of carbonyl (C=O) groups excluding carboxylic acids is 1. The summed E-state index contributed by atoms with van der Waals surface area (Å²) in [6.07, 6.45) is 48.3. The van der Waals surface area contributed by atoms with Gasteiger partial charge in [0.2, 0.25) is 0 Å². The number of hydrogen-bond donors (Lipinski definition) is 3. The summed E-state index contributed by atoms with van der Waals surface area (Å²) in [5.74, 6) is -0.410. The molecule has 0 spiro atoms. The maximum absolute atomic E-state index is 12.5. The van der Waals surface area contributed by atoms with Crippen LogP contribution in [0.5, 0.6) is 0 Å². The van der Waals surface area contributed by atoms with Gasteiger partial charge in [-0.15, -0.1) is 0 Å². The molecule has 0 saturated carbocycles. The zero-order valence-electron chi connectivity index (χ0n) is 33.7. The summed E-state index contributed by atoms with van der Waals surface area (Å²) in [5.41, 5.74) is 0. The molecule has 0 rings (SSSR count). The predicted molar refractivity (Wildman–Crippen MR) is 223 cm³/mol. The van der Waals surface area contributed by atoms with Crippen molar-refractivity contribution in [2.75, 3.05) is 33.0 Å². The Morgan fingerprint density at radius 3 is 1.61 bits per heavy atom. The van der Waals surface area contributed by atoms with E-state index in [1.54, 1.807) is 0 Å². The molecule has 9 nitrogen and oxygen atoms in total. The first kappa shape index (κ1) is 51.6. The molecule has 0 fully saturated rings. The minimum atomic E-state index is -4.53. The van der Waals surface area contributed by atoms with E-state index < -0.39 is 45.8 Å². The van der Waals surface area contributed by atoms with E-state index in [0.717, 1.165) is 103 Å². The van der Waals surface area contributed by atoms with Crippen LogP contribution in [0, 0.1) is 0 Å². The fourth-order valence-corrected chi connectivity index (χ4v) is 5.72. The molecule has 0 aromatic heterocycles. The lowest BCUT2D eigenvalue weighted by Gasteiger charge is -2.20. The van der Waals surface area contributed by atoms with Crippen LogP contribution in [0.15, 0.2) is 85.1 Å². The van der Waals surface area contributed by atoms with Crippen LogP contribution in [0.25, 0.3) is 0 Å². The van der Waals surface area contributed by atoms with Crippen LogP contribution in [0.2, 0.25) is 0 Å². The van der Waals surface area contributed by atoms with Crippen molar-refractivity contribution in [1.29, 1.82) is 0 Å². The lowest BCUT2D eigenvalue weighted by atomic mass is 10.1. The van der Waals surface area contributed by atoms with Crippen molar-refractivity contribution in [2.24, 2.45) is 0 Å². The second-order valence-corrected chi connectivity index (χ2v) is 14.7. The Bertz CT molecular complexity index is 1110. The van der Waals surface area contributed by atoms with E-state index in [1.165, 1.54) is 12.8 Å². The normalized spacial score (nSPS) is 15.0. The summed E-state index contributed by atoms with van der Waals surface area (Å²) in [7, 11) is -4.53. The third kappa shape index (κ3) is 39.3. The van der Waals surface area contributed by atoms with Crippen molar-refractivity contribution < 1.29 is 43.0 Å². The molecule has 0 bridgehead atoms. The van der Waals surface area contributed by atoms with Crippen LogP contribution >= 0.6 is 7.82 Å². The second-order valence-electron chi connectivity index (χ2n) is 13.3. The molecule has 0 amide bonds.